The SMILES string of the molecule is CCN(c1cc(C(=O)NCCCOC)ncn1)C1CCS(=O)(=O)C1. The molecule has 1 aliphatic heterocycles. The van der Waals surface area contributed by atoms with E-state index in [1.165, 1.54) is 6.33 Å². The summed E-state index contributed by atoms with van der Waals surface area (Å²) in [4.78, 5) is 22.3. The molecule has 8 nitrogen and oxygen atoms in total. The fourth-order valence-electron chi connectivity index (χ4n) is 2.77. The zero-order chi connectivity index (χ0) is 17.6. The van der Waals surface area contributed by atoms with E-state index in [4.69, 9.17) is 4.74 Å². The molecule has 1 atom stereocenters. The van der Waals surface area contributed by atoms with Crippen molar-refractivity contribution in [1.82, 2.24) is 15.3 Å². The number of nitrogens with zero attached hydrogens (tertiary/aromatic N) is 3. The number of carbonyl (C=O) groups excluding carboxylic acids is 1. The number of nitrogens with one attached hydrogen (secondary N) is 1. The molecule has 2 heterocycles. The molecule has 0 saturated carbocycles. The van der Waals surface area contributed by atoms with Crippen LogP contribution in [0.25, 0.3) is 0 Å². The Kier molecular flexibility index (Phi) is 6.50. The van der Waals surface area contributed by atoms with Crippen molar-refractivity contribution in [1.29, 1.82) is 0 Å². The lowest BCUT2D eigenvalue weighted by molar-refractivity contribution is 0.0943. The molecule has 9 heteroatoms. The van der Waals surface area contributed by atoms with Gasteiger partial charge in [0.05, 0.1) is 11.5 Å². The molecule has 1 saturated heterocycles. The topological polar surface area (TPSA) is 101 Å². The smallest absolute Gasteiger partial charge is 0.270 e. The van der Waals surface area contributed by atoms with Crippen molar-refractivity contribution in [3.05, 3.63) is 18.1 Å². The van der Waals surface area contributed by atoms with Crippen LogP contribution in [0.4, 0.5) is 5.82 Å². The van der Waals surface area contributed by atoms with E-state index in [9.17, 15) is 13.2 Å². The van der Waals surface area contributed by atoms with Gasteiger partial charge in [-0.2, -0.15) is 0 Å². The molecule has 0 aliphatic carbocycles. The molecule has 134 valence electrons. The molecule has 1 unspecified atom stereocenters. The van der Waals surface area contributed by atoms with Crippen LogP contribution in [0.2, 0.25) is 0 Å². The van der Waals surface area contributed by atoms with Crippen LogP contribution in [0.1, 0.15) is 30.3 Å². The lowest BCUT2D eigenvalue weighted by Gasteiger charge is -2.27. The second kappa shape index (κ2) is 8.39. The third-order valence-corrected chi connectivity index (χ3v) is 5.73. The minimum absolute atomic E-state index is 0.104. The van der Waals surface area contributed by atoms with Crippen LogP contribution in [0.15, 0.2) is 12.4 Å². The first-order chi connectivity index (χ1) is 11.5. The van der Waals surface area contributed by atoms with Gasteiger partial charge in [-0.3, -0.25) is 4.79 Å². The molecular formula is C15H24N4O4S. The summed E-state index contributed by atoms with van der Waals surface area (Å²) in [6.45, 7) is 3.64. The van der Waals surface area contributed by atoms with E-state index in [-0.39, 0.29) is 29.1 Å². The number of aromatic nitrogens is 2. The second-order valence-corrected chi connectivity index (χ2v) is 7.94. The minimum Gasteiger partial charge on any atom is -0.385 e. The molecule has 1 fully saturated rings. The summed E-state index contributed by atoms with van der Waals surface area (Å²) in [7, 11) is -1.37. The van der Waals surface area contributed by atoms with E-state index >= 15 is 0 Å². The maximum Gasteiger partial charge on any atom is 0.270 e. The molecule has 2 rings (SSSR count). The predicted molar refractivity (Wildman–Crippen MR) is 90.9 cm³/mol. The average Bonchev–Trinajstić information content (AvgIpc) is 2.92. The normalized spacial score (nSPS) is 19.2. The Labute approximate surface area is 142 Å². The monoisotopic (exact) mass is 356 g/mol. The molecule has 1 aromatic heterocycles. The fourth-order valence-corrected chi connectivity index (χ4v) is 4.50. The number of carbonyl (C=O) groups is 1. The van der Waals surface area contributed by atoms with Crippen LogP contribution in [-0.4, -0.2) is 68.6 Å². The third kappa shape index (κ3) is 4.88. The van der Waals surface area contributed by atoms with Crippen molar-refractivity contribution in [2.45, 2.75) is 25.8 Å². The van der Waals surface area contributed by atoms with Crippen molar-refractivity contribution in [2.75, 3.05) is 43.2 Å². The van der Waals surface area contributed by atoms with Gasteiger partial charge in [0.1, 0.15) is 17.8 Å². The zero-order valence-electron chi connectivity index (χ0n) is 14.1. The van der Waals surface area contributed by atoms with Gasteiger partial charge in [-0.15, -0.1) is 0 Å². The summed E-state index contributed by atoms with van der Waals surface area (Å²) >= 11 is 0. The Hall–Kier alpha value is -1.74. The average molecular weight is 356 g/mol. The number of amides is 1. The second-order valence-electron chi connectivity index (χ2n) is 5.71. The molecule has 0 aromatic carbocycles. The molecule has 0 bridgehead atoms. The number of sulfone groups is 1. The minimum atomic E-state index is -2.98. The van der Waals surface area contributed by atoms with Crippen LogP contribution in [-0.2, 0) is 14.6 Å². The number of anilines is 1. The lowest BCUT2D eigenvalue weighted by atomic mass is 10.2. The number of rotatable bonds is 8. The first-order valence-corrected chi connectivity index (χ1v) is 9.85. The zero-order valence-corrected chi connectivity index (χ0v) is 14.9. The first kappa shape index (κ1) is 18.6. The lowest BCUT2D eigenvalue weighted by Crippen LogP contribution is -2.37. The standard InChI is InChI=1S/C15H24N4O4S/c1-3-19(12-5-8-24(21,22)10-12)14-9-13(17-11-18-14)15(20)16-6-4-7-23-2/h9,11-12H,3-8,10H2,1-2H3,(H,16,20). The van der Waals surface area contributed by atoms with E-state index in [1.54, 1.807) is 13.2 Å². The fraction of sp³-hybridized carbons (Fsp3) is 0.667. The highest BCUT2D eigenvalue weighted by atomic mass is 32.2. The molecule has 1 N–H and O–H groups in total. The molecule has 1 aromatic rings. The number of hydrogen-bond acceptors (Lipinski definition) is 7. The van der Waals surface area contributed by atoms with Crippen molar-refractivity contribution < 1.29 is 17.9 Å². The number of methoxy groups -OCH3 is 1. The maximum atomic E-state index is 12.1. The Balaban J connectivity index is 2.06. The van der Waals surface area contributed by atoms with Crippen LogP contribution < -0.4 is 10.2 Å². The van der Waals surface area contributed by atoms with Gasteiger partial charge in [-0.1, -0.05) is 0 Å². The van der Waals surface area contributed by atoms with Gasteiger partial charge in [0.25, 0.3) is 5.91 Å². The van der Waals surface area contributed by atoms with Crippen molar-refractivity contribution >= 4 is 21.6 Å². The highest BCUT2D eigenvalue weighted by Gasteiger charge is 2.32. The molecule has 1 aliphatic rings. The molecule has 24 heavy (non-hydrogen) atoms. The van der Waals surface area contributed by atoms with Crippen LogP contribution in [0.3, 0.4) is 0 Å². The Morgan fingerprint density at radius 3 is 2.88 bits per heavy atom. The van der Waals surface area contributed by atoms with Crippen LogP contribution in [0, 0.1) is 0 Å². The summed E-state index contributed by atoms with van der Waals surface area (Å²) in [6.07, 6.45) is 2.64. The number of hydrogen-bond donors (Lipinski definition) is 1. The molecule has 0 radical (unpaired) electrons. The van der Waals surface area contributed by atoms with Crippen LogP contribution >= 0.6 is 0 Å². The van der Waals surface area contributed by atoms with Gasteiger partial charge in [0, 0.05) is 38.9 Å². The number of ether oxygens (including phenoxy) is 1. The highest BCUT2D eigenvalue weighted by molar-refractivity contribution is 7.91. The van der Waals surface area contributed by atoms with E-state index in [0.29, 0.717) is 31.9 Å². The Morgan fingerprint density at radius 1 is 1.46 bits per heavy atom. The molecule has 0 spiro atoms. The van der Waals surface area contributed by atoms with E-state index in [1.807, 2.05) is 11.8 Å². The first-order valence-electron chi connectivity index (χ1n) is 8.03. The summed E-state index contributed by atoms with van der Waals surface area (Å²) in [6, 6.07) is 1.51. The Bertz CT molecular complexity index is 665. The molecule has 1 amide bonds. The largest absolute Gasteiger partial charge is 0.385 e. The van der Waals surface area contributed by atoms with E-state index in [0.717, 1.165) is 6.42 Å². The van der Waals surface area contributed by atoms with Gasteiger partial charge in [0.15, 0.2) is 9.84 Å². The Morgan fingerprint density at radius 2 is 2.25 bits per heavy atom. The quantitative estimate of drug-likeness (QED) is 0.667. The van der Waals surface area contributed by atoms with Crippen LogP contribution in [0.5, 0.6) is 0 Å². The van der Waals surface area contributed by atoms with Gasteiger partial charge in [0.2, 0.25) is 0 Å². The third-order valence-electron chi connectivity index (χ3n) is 3.98. The van der Waals surface area contributed by atoms with Crippen molar-refractivity contribution in [2.24, 2.45) is 0 Å². The van der Waals surface area contributed by atoms with E-state index < -0.39 is 9.84 Å². The summed E-state index contributed by atoms with van der Waals surface area (Å²) in [5.74, 6) is 0.636. The van der Waals surface area contributed by atoms with Gasteiger partial charge < -0.3 is 15.0 Å². The van der Waals surface area contributed by atoms with E-state index in [2.05, 4.69) is 15.3 Å². The highest BCUT2D eigenvalue weighted by Crippen LogP contribution is 2.22. The summed E-state index contributed by atoms with van der Waals surface area (Å²) < 4.78 is 28.3. The van der Waals surface area contributed by atoms with Crippen molar-refractivity contribution in [3.8, 4) is 0 Å². The molecular weight excluding hydrogens is 332 g/mol. The maximum absolute atomic E-state index is 12.1. The van der Waals surface area contributed by atoms with Gasteiger partial charge in [-0.25, -0.2) is 18.4 Å². The van der Waals surface area contributed by atoms with Crippen molar-refractivity contribution in [3.63, 3.8) is 0 Å². The summed E-state index contributed by atoms with van der Waals surface area (Å²) in [5.41, 5.74) is 0.275. The summed E-state index contributed by atoms with van der Waals surface area (Å²) in [5, 5.41) is 2.78. The predicted octanol–water partition coefficient (Wildman–Crippen LogP) is 0.256. The van der Waals surface area contributed by atoms with Gasteiger partial charge in [-0.05, 0) is 19.8 Å². The van der Waals surface area contributed by atoms with Gasteiger partial charge >= 0.3 is 0 Å².